The molecule has 0 spiro atoms. The Kier molecular flexibility index (Phi) is 5.37. The monoisotopic (exact) mass is 282 g/mol. The molecule has 0 aliphatic heterocycles. The van der Waals surface area contributed by atoms with Gasteiger partial charge >= 0.3 is 5.97 Å². The molecule has 0 aliphatic rings. The van der Waals surface area contributed by atoms with Crippen LogP contribution in [0.3, 0.4) is 0 Å². The quantitative estimate of drug-likeness (QED) is 0.657. The molecule has 6 nitrogen and oxygen atoms in total. The molecule has 1 atom stereocenters. The molecule has 102 valence electrons. The topological polar surface area (TPSA) is 109 Å². The molecule has 4 N–H and O–H groups in total. The summed E-state index contributed by atoms with van der Waals surface area (Å²) in [5.41, 5.74) is 5.37. The largest absolute Gasteiger partial charge is 0.480 e. The van der Waals surface area contributed by atoms with Crippen molar-refractivity contribution in [3.05, 3.63) is 29.8 Å². The van der Waals surface area contributed by atoms with Gasteiger partial charge < -0.3 is 16.2 Å². The van der Waals surface area contributed by atoms with E-state index in [9.17, 15) is 14.4 Å². The van der Waals surface area contributed by atoms with Crippen LogP contribution in [0.25, 0.3) is 0 Å². The maximum Gasteiger partial charge on any atom is 0.325 e. The first-order chi connectivity index (χ1) is 8.91. The Bertz CT molecular complexity index is 504. The van der Waals surface area contributed by atoms with Gasteiger partial charge in [-0.15, -0.1) is 11.8 Å². The highest BCUT2D eigenvalue weighted by atomic mass is 32.2. The summed E-state index contributed by atoms with van der Waals surface area (Å²) < 4.78 is 0. The van der Waals surface area contributed by atoms with Crippen LogP contribution in [0.4, 0.5) is 0 Å². The van der Waals surface area contributed by atoms with Gasteiger partial charge in [-0.05, 0) is 19.1 Å². The summed E-state index contributed by atoms with van der Waals surface area (Å²) in [4.78, 5) is 33.9. The number of aliphatic carboxylic acids is 1. The van der Waals surface area contributed by atoms with E-state index in [0.29, 0.717) is 10.5 Å². The zero-order valence-corrected chi connectivity index (χ0v) is 11.1. The fourth-order valence-corrected chi connectivity index (χ4v) is 2.05. The lowest BCUT2D eigenvalue weighted by Gasteiger charge is -2.11. The molecular weight excluding hydrogens is 268 g/mol. The van der Waals surface area contributed by atoms with Crippen LogP contribution in [0.1, 0.15) is 17.3 Å². The van der Waals surface area contributed by atoms with Gasteiger partial charge in [0.05, 0.1) is 11.3 Å². The molecule has 0 aliphatic carbocycles. The molecule has 0 aromatic heterocycles. The number of nitrogens with two attached hydrogens (primary N) is 1. The number of carbonyl (C=O) groups excluding carboxylic acids is 2. The highest BCUT2D eigenvalue weighted by Gasteiger charge is 2.17. The number of thioether (sulfide) groups is 1. The van der Waals surface area contributed by atoms with E-state index in [-0.39, 0.29) is 5.75 Å². The van der Waals surface area contributed by atoms with Gasteiger partial charge in [0.2, 0.25) is 5.91 Å². The molecule has 0 fully saturated rings. The van der Waals surface area contributed by atoms with E-state index in [4.69, 9.17) is 10.8 Å². The van der Waals surface area contributed by atoms with Crippen molar-refractivity contribution in [2.45, 2.75) is 17.9 Å². The molecule has 1 rings (SSSR count). The smallest absolute Gasteiger partial charge is 0.325 e. The van der Waals surface area contributed by atoms with E-state index in [1.165, 1.54) is 6.92 Å². The predicted molar refractivity (Wildman–Crippen MR) is 70.9 cm³/mol. The number of carboxylic acids is 1. The number of amides is 2. The molecule has 0 bridgehead atoms. The molecular formula is C12H14N2O4S. The summed E-state index contributed by atoms with van der Waals surface area (Å²) in [7, 11) is 0. The summed E-state index contributed by atoms with van der Waals surface area (Å²) >= 11 is 1.14. The average Bonchev–Trinajstić information content (AvgIpc) is 2.36. The molecule has 1 aromatic carbocycles. The Morgan fingerprint density at radius 3 is 2.58 bits per heavy atom. The number of hydrogen-bond donors (Lipinski definition) is 3. The standard InChI is InChI=1S/C12H14N2O4S/c1-7(12(17)18)14-11(16)8-4-2-3-5-9(8)19-6-10(13)15/h2-5,7H,6H2,1H3,(H2,13,15)(H,14,16)(H,17,18)/t7-/m0/s1. The van der Waals surface area contributed by atoms with Gasteiger partial charge in [-0.1, -0.05) is 12.1 Å². The second kappa shape index (κ2) is 6.79. The van der Waals surface area contributed by atoms with E-state index in [1.807, 2.05) is 0 Å². The summed E-state index contributed by atoms with van der Waals surface area (Å²) in [6, 6.07) is 5.64. The van der Waals surface area contributed by atoms with Crippen molar-refractivity contribution in [1.29, 1.82) is 0 Å². The minimum Gasteiger partial charge on any atom is -0.480 e. The minimum absolute atomic E-state index is 0.0543. The SMILES string of the molecule is C[C@H](NC(=O)c1ccccc1SCC(N)=O)C(=O)O. The zero-order chi connectivity index (χ0) is 14.4. The van der Waals surface area contributed by atoms with Crippen LogP contribution >= 0.6 is 11.8 Å². The molecule has 0 saturated carbocycles. The minimum atomic E-state index is -1.12. The van der Waals surface area contributed by atoms with Crippen molar-refractivity contribution in [2.75, 3.05) is 5.75 Å². The van der Waals surface area contributed by atoms with Crippen molar-refractivity contribution in [3.8, 4) is 0 Å². The van der Waals surface area contributed by atoms with Crippen LogP contribution in [-0.4, -0.2) is 34.7 Å². The Morgan fingerprint density at radius 1 is 1.37 bits per heavy atom. The van der Waals surface area contributed by atoms with Crippen LogP contribution in [0.15, 0.2) is 29.2 Å². The lowest BCUT2D eigenvalue weighted by Crippen LogP contribution is -2.38. The maximum absolute atomic E-state index is 11.9. The highest BCUT2D eigenvalue weighted by Crippen LogP contribution is 2.22. The maximum atomic E-state index is 11.9. The molecule has 0 saturated heterocycles. The molecule has 2 amide bonds. The average molecular weight is 282 g/mol. The second-order valence-electron chi connectivity index (χ2n) is 3.78. The van der Waals surface area contributed by atoms with Crippen molar-refractivity contribution in [1.82, 2.24) is 5.32 Å². The van der Waals surface area contributed by atoms with Crippen molar-refractivity contribution in [3.63, 3.8) is 0 Å². The van der Waals surface area contributed by atoms with Crippen molar-refractivity contribution in [2.24, 2.45) is 5.73 Å². The van der Waals surface area contributed by atoms with Crippen LogP contribution in [0.2, 0.25) is 0 Å². The number of carbonyl (C=O) groups is 3. The Hall–Kier alpha value is -2.02. The van der Waals surface area contributed by atoms with Crippen molar-refractivity contribution >= 4 is 29.5 Å². The first-order valence-corrected chi connectivity index (χ1v) is 6.44. The number of nitrogens with one attached hydrogen (secondary N) is 1. The van der Waals surface area contributed by atoms with Gasteiger partial charge in [0, 0.05) is 4.90 Å². The van der Waals surface area contributed by atoms with E-state index in [0.717, 1.165) is 11.8 Å². The predicted octanol–water partition coefficient (Wildman–Crippen LogP) is 0.467. The number of benzene rings is 1. The lowest BCUT2D eigenvalue weighted by molar-refractivity contribution is -0.138. The van der Waals surface area contributed by atoms with Gasteiger partial charge in [0.15, 0.2) is 0 Å². The van der Waals surface area contributed by atoms with Crippen molar-refractivity contribution < 1.29 is 19.5 Å². The van der Waals surface area contributed by atoms with Crippen LogP contribution in [0, 0.1) is 0 Å². The van der Waals surface area contributed by atoms with Crippen LogP contribution < -0.4 is 11.1 Å². The number of rotatable bonds is 6. The number of carboxylic acid groups (broad SMARTS) is 1. The Balaban J connectivity index is 2.84. The first kappa shape index (κ1) is 15.0. The highest BCUT2D eigenvalue weighted by molar-refractivity contribution is 8.00. The fraction of sp³-hybridized carbons (Fsp3) is 0.250. The molecule has 0 heterocycles. The molecule has 1 aromatic rings. The molecule has 0 radical (unpaired) electrons. The van der Waals surface area contributed by atoms with E-state index in [2.05, 4.69) is 5.32 Å². The van der Waals surface area contributed by atoms with E-state index < -0.39 is 23.8 Å². The summed E-state index contributed by atoms with van der Waals surface area (Å²) in [5.74, 6) is -2.05. The van der Waals surface area contributed by atoms with Crippen LogP contribution in [-0.2, 0) is 9.59 Å². The summed E-state index contributed by atoms with van der Waals surface area (Å²) in [6.45, 7) is 1.37. The third-order valence-electron chi connectivity index (χ3n) is 2.22. The van der Waals surface area contributed by atoms with E-state index in [1.54, 1.807) is 24.3 Å². The van der Waals surface area contributed by atoms with Gasteiger partial charge in [-0.2, -0.15) is 0 Å². The molecule has 19 heavy (non-hydrogen) atoms. The van der Waals surface area contributed by atoms with Crippen LogP contribution in [0.5, 0.6) is 0 Å². The van der Waals surface area contributed by atoms with Gasteiger partial charge in [-0.25, -0.2) is 0 Å². The first-order valence-electron chi connectivity index (χ1n) is 5.45. The Labute approximate surface area is 114 Å². The molecule has 7 heteroatoms. The number of primary amides is 1. The van der Waals surface area contributed by atoms with Gasteiger partial charge in [0.1, 0.15) is 6.04 Å². The van der Waals surface area contributed by atoms with Gasteiger partial charge in [-0.3, -0.25) is 14.4 Å². The van der Waals surface area contributed by atoms with E-state index >= 15 is 0 Å². The fourth-order valence-electron chi connectivity index (χ4n) is 1.27. The Morgan fingerprint density at radius 2 is 2.00 bits per heavy atom. The van der Waals surface area contributed by atoms with Gasteiger partial charge in [0.25, 0.3) is 5.91 Å². The summed E-state index contributed by atoms with van der Waals surface area (Å²) in [6.07, 6.45) is 0. The normalized spacial score (nSPS) is 11.6. The third kappa shape index (κ3) is 4.63. The second-order valence-corrected chi connectivity index (χ2v) is 4.80. The lowest BCUT2D eigenvalue weighted by atomic mass is 10.2. The number of hydrogen-bond acceptors (Lipinski definition) is 4. The third-order valence-corrected chi connectivity index (χ3v) is 3.32. The molecule has 0 unspecified atom stereocenters. The zero-order valence-electron chi connectivity index (χ0n) is 10.3. The summed E-state index contributed by atoms with van der Waals surface area (Å²) in [5, 5.41) is 11.1.